The Morgan fingerprint density at radius 2 is 1.01 bits per heavy atom. The van der Waals surface area contributed by atoms with Gasteiger partial charge in [0.15, 0.2) is 0 Å². The molecule has 0 saturated heterocycles. The zero-order chi connectivity index (χ0) is 62.5. The molecule has 0 spiro atoms. The van der Waals surface area contributed by atoms with Crippen LogP contribution in [-0.4, -0.2) is 117 Å². The van der Waals surface area contributed by atoms with Gasteiger partial charge in [0.1, 0.15) is 41.7 Å². The summed E-state index contributed by atoms with van der Waals surface area (Å²) in [5, 5.41) is 21.7. The number of hydrazine groups is 1. The molecule has 0 unspecified atom stereocenters. The predicted molar refractivity (Wildman–Crippen MR) is 324 cm³/mol. The largest absolute Gasteiger partial charge is 0.496 e. The van der Waals surface area contributed by atoms with Crippen LogP contribution < -0.4 is 62.9 Å². The van der Waals surface area contributed by atoms with Gasteiger partial charge < -0.3 is 52.0 Å². The maximum Gasteiger partial charge on any atom is 0.313 e. The Morgan fingerprint density at radius 1 is 0.488 bits per heavy atom. The number of rotatable bonds is 31. The molecule has 0 radical (unpaired) electrons. The number of methoxy groups -OCH3 is 1. The normalized spacial score (nSPS) is 12.9. The van der Waals surface area contributed by atoms with E-state index in [0.29, 0.717) is 29.9 Å². The lowest BCUT2D eigenvalue weighted by Crippen LogP contribution is -2.60. The quantitative estimate of drug-likeness (QED) is 0.0168. The number of anilines is 1. The van der Waals surface area contributed by atoms with E-state index in [1.165, 1.54) is 32.4 Å². The van der Waals surface area contributed by atoms with Gasteiger partial charge in [0.2, 0.25) is 35.4 Å². The third-order valence-electron chi connectivity index (χ3n) is 14.0. The second-order valence-corrected chi connectivity index (χ2v) is 20.8. The number of carbonyl (C=O) groups excluding carboxylic acids is 10. The van der Waals surface area contributed by atoms with Crippen LogP contribution in [0.2, 0.25) is 0 Å². The summed E-state index contributed by atoms with van der Waals surface area (Å²) < 4.78 is 11.2. The van der Waals surface area contributed by atoms with E-state index in [1.807, 2.05) is 44.2 Å². The standard InChI is InChI=1S/C64H80N10O12/c1-8-10-35-86-53-31-21-20-29-46(53)56(76)69-50(37-43-25-16-12-17-26-43)60(80)68-48(30-22-34-66-63(83)64(84)67-45-32-33-52(85-7)47(39-45)57(77)74-73-55(75)40(3)4)59(79)70-51(38-44-27-18-13-19-28-44)61(81)72-54(41(5)9-2)62(82)71-49(58(78)65-6)36-42-23-14-11-15-24-42/h11-21,23-29,31-33,39-41,48-51,54H,8-10,22,30,34-38H2,1-7H3,(H,65,78)(H,66,83)(H,67,84)(H,68,80)(H,69,76)(H,70,79)(H,71,82)(H,72,81)(H,73,75)(H,74,77)/t41-,48-,49-,50-,51-,54-/m0/s1. The van der Waals surface area contributed by atoms with Crippen molar-refractivity contribution in [2.24, 2.45) is 11.8 Å². The molecule has 22 heteroatoms. The highest BCUT2D eigenvalue weighted by molar-refractivity contribution is 6.39. The summed E-state index contributed by atoms with van der Waals surface area (Å²) in [6, 6.07) is 31.2. The number of carbonyl (C=O) groups is 10. The Bertz CT molecular complexity index is 3090. The van der Waals surface area contributed by atoms with Crippen molar-refractivity contribution in [1.82, 2.24) is 48.1 Å². The molecule has 5 aromatic carbocycles. The number of amides is 10. The zero-order valence-electron chi connectivity index (χ0n) is 49.7. The molecule has 0 aliphatic rings. The third kappa shape index (κ3) is 21.2. The van der Waals surface area contributed by atoms with Gasteiger partial charge in [-0.3, -0.25) is 58.8 Å². The zero-order valence-corrected chi connectivity index (χ0v) is 49.7. The number of likely N-dealkylation sites (N-methyl/N-ethyl adjacent to an activating group) is 1. The Hall–Kier alpha value is -9.60. The SMILES string of the molecule is CCCCOc1ccccc1C(=O)N[C@@H](Cc1ccccc1)C(=O)N[C@@H](CCCNC(=O)C(=O)Nc1ccc(OC)c(C(=O)NNC(=O)C(C)C)c1)C(=O)N[C@@H](Cc1ccccc1)C(=O)N[C@H](C(=O)N[C@@H](Cc1ccccc1)C(=O)NC)[C@@H](C)CC. The highest BCUT2D eigenvalue weighted by Gasteiger charge is 2.35. The van der Waals surface area contributed by atoms with Gasteiger partial charge in [-0.25, -0.2) is 0 Å². The first kappa shape index (κ1) is 67.2. The minimum absolute atomic E-state index is 0.0178. The van der Waals surface area contributed by atoms with Crippen molar-refractivity contribution in [3.8, 4) is 11.5 Å². The van der Waals surface area contributed by atoms with Crippen molar-refractivity contribution in [2.75, 3.05) is 32.6 Å². The van der Waals surface area contributed by atoms with Crippen LogP contribution in [0.15, 0.2) is 133 Å². The lowest BCUT2D eigenvalue weighted by atomic mass is 9.96. The summed E-state index contributed by atoms with van der Waals surface area (Å²) in [6.07, 6.45) is 1.87. The number of benzene rings is 5. The maximum absolute atomic E-state index is 14.9. The van der Waals surface area contributed by atoms with Gasteiger partial charge in [0, 0.05) is 44.5 Å². The second kappa shape index (κ2) is 34.9. The summed E-state index contributed by atoms with van der Waals surface area (Å²) >= 11 is 0. The van der Waals surface area contributed by atoms with Gasteiger partial charge in [-0.05, 0) is 72.2 Å². The molecule has 0 fully saturated rings. The summed E-state index contributed by atoms with van der Waals surface area (Å²) in [5.41, 5.74) is 6.83. The number of unbranched alkanes of at least 4 members (excludes halogenated alkanes) is 1. The van der Waals surface area contributed by atoms with E-state index in [-0.39, 0.29) is 61.2 Å². The minimum atomic E-state index is -1.45. The smallest absolute Gasteiger partial charge is 0.313 e. The van der Waals surface area contributed by atoms with E-state index >= 15 is 0 Å². The Labute approximate surface area is 501 Å². The molecular weight excluding hydrogens is 1100 g/mol. The first-order chi connectivity index (χ1) is 41.3. The Morgan fingerprint density at radius 3 is 1.57 bits per heavy atom. The second-order valence-electron chi connectivity index (χ2n) is 20.8. The van der Waals surface area contributed by atoms with E-state index < -0.39 is 101 Å². The summed E-state index contributed by atoms with van der Waals surface area (Å²) in [7, 11) is 2.78. The van der Waals surface area contributed by atoms with E-state index in [9.17, 15) is 47.9 Å². The average molecular weight is 1180 g/mol. The van der Waals surface area contributed by atoms with Crippen LogP contribution in [0.3, 0.4) is 0 Å². The van der Waals surface area contributed by atoms with Crippen molar-refractivity contribution >= 4 is 64.8 Å². The van der Waals surface area contributed by atoms with Crippen LogP contribution in [0, 0.1) is 11.8 Å². The first-order valence-electron chi connectivity index (χ1n) is 28.8. The first-order valence-corrected chi connectivity index (χ1v) is 28.8. The number of ether oxygens (including phenoxy) is 2. The van der Waals surface area contributed by atoms with Crippen LogP contribution >= 0.6 is 0 Å². The molecule has 5 rings (SSSR count). The lowest BCUT2D eigenvalue weighted by Gasteiger charge is -2.29. The fraction of sp³-hybridized carbons (Fsp3) is 0.375. The van der Waals surface area contributed by atoms with Crippen LogP contribution in [0.25, 0.3) is 0 Å². The molecule has 0 aromatic heterocycles. The molecular formula is C64H80N10O12. The highest BCUT2D eigenvalue weighted by atomic mass is 16.5. The minimum Gasteiger partial charge on any atom is -0.496 e. The van der Waals surface area contributed by atoms with Crippen LogP contribution in [0.5, 0.6) is 11.5 Å². The van der Waals surface area contributed by atoms with E-state index in [4.69, 9.17) is 9.47 Å². The van der Waals surface area contributed by atoms with Crippen LogP contribution in [-0.2, 0) is 57.6 Å². The topological polar surface area (TPSA) is 309 Å². The van der Waals surface area contributed by atoms with Crippen molar-refractivity contribution < 1.29 is 57.4 Å². The molecule has 0 aliphatic carbocycles. The third-order valence-corrected chi connectivity index (χ3v) is 14.0. The van der Waals surface area contributed by atoms with Gasteiger partial charge in [0.05, 0.1) is 24.8 Å². The number of hydrogen-bond donors (Lipinski definition) is 10. The number of hydrogen-bond acceptors (Lipinski definition) is 12. The van der Waals surface area contributed by atoms with E-state index in [2.05, 4.69) is 53.4 Å². The molecule has 10 amide bonds. The van der Waals surface area contributed by atoms with Crippen molar-refractivity contribution in [2.45, 2.75) is 116 Å². The van der Waals surface area contributed by atoms with Crippen molar-refractivity contribution in [1.29, 1.82) is 0 Å². The maximum atomic E-state index is 14.9. The Kier molecular flexibility index (Phi) is 27.2. The molecule has 6 atom stereocenters. The predicted octanol–water partition coefficient (Wildman–Crippen LogP) is 4.38. The lowest BCUT2D eigenvalue weighted by molar-refractivity contribution is -0.136. The average Bonchev–Trinajstić information content (AvgIpc) is 3.59. The molecule has 458 valence electrons. The molecule has 5 aromatic rings. The van der Waals surface area contributed by atoms with Crippen LogP contribution in [0.1, 0.15) is 104 Å². The van der Waals surface area contributed by atoms with E-state index in [0.717, 1.165) is 18.4 Å². The molecule has 0 aliphatic heterocycles. The molecule has 0 saturated carbocycles. The fourth-order valence-corrected chi connectivity index (χ4v) is 8.79. The van der Waals surface area contributed by atoms with Gasteiger partial charge >= 0.3 is 11.8 Å². The fourth-order valence-electron chi connectivity index (χ4n) is 8.79. The summed E-state index contributed by atoms with van der Waals surface area (Å²) in [4.78, 5) is 138. The molecule has 0 heterocycles. The molecule has 0 bridgehead atoms. The number of nitrogens with one attached hydrogen (secondary N) is 10. The number of para-hydroxylation sites is 1. The highest BCUT2D eigenvalue weighted by Crippen LogP contribution is 2.23. The van der Waals surface area contributed by atoms with Crippen molar-refractivity contribution in [3.63, 3.8) is 0 Å². The molecule has 10 N–H and O–H groups in total. The summed E-state index contributed by atoms with van der Waals surface area (Å²) in [5.74, 6) is -7.96. The molecule has 86 heavy (non-hydrogen) atoms. The Balaban J connectivity index is 1.42. The summed E-state index contributed by atoms with van der Waals surface area (Å²) in [6.45, 7) is 9.03. The van der Waals surface area contributed by atoms with Gasteiger partial charge in [-0.2, -0.15) is 0 Å². The van der Waals surface area contributed by atoms with Gasteiger partial charge in [-0.1, -0.05) is 151 Å². The van der Waals surface area contributed by atoms with E-state index in [1.54, 1.807) is 106 Å². The monoisotopic (exact) mass is 1180 g/mol. The van der Waals surface area contributed by atoms with Gasteiger partial charge in [-0.15, -0.1) is 0 Å². The van der Waals surface area contributed by atoms with Crippen molar-refractivity contribution in [3.05, 3.63) is 161 Å². The van der Waals surface area contributed by atoms with Crippen LogP contribution in [0.4, 0.5) is 5.69 Å². The van der Waals surface area contributed by atoms with Gasteiger partial charge in [0.25, 0.3) is 11.8 Å². The molecule has 22 nitrogen and oxygen atoms in total.